The van der Waals surface area contributed by atoms with Gasteiger partial charge in [0, 0.05) is 18.7 Å². The van der Waals surface area contributed by atoms with Gasteiger partial charge in [-0.05, 0) is 43.7 Å². The van der Waals surface area contributed by atoms with Crippen molar-refractivity contribution in [3.05, 3.63) is 33.3 Å². The number of rotatable bonds is 6. The van der Waals surface area contributed by atoms with Crippen molar-refractivity contribution in [3.63, 3.8) is 0 Å². The van der Waals surface area contributed by atoms with Crippen LogP contribution >= 0.6 is 11.6 Å². The highest BCUT2D eigenvalue weighted by Gasteiger charge is 2.41. The third-order valence-electron chi connectivity index (χ3n) is 3.81. The molecule has 0 amide bonds. The van der Waals surface area contributed by atoms with Gasteiger partial charge in [0.25, 0.3) is 5.69 Å². The predicted molar refractivity (Wildman–Crippen MR) is 77.7 cm³/mol. The summed E-state index contributed by atoms with van der Waals surface area (Å²) in [6, 6.07) is 3.71. The molecule has 2 aliphatic carbocycles. The normalized spacial score (nSPS) is 19.0. The van der Waals surface area contributed by atoms with E-state index in [1.54, 1.807) is 0 Å². The number of halogens is 1. The quantitative estimate of drug-likeness (QED) is 0.593. The first-order chi connectivity index (χ1) is 9.89. The monoisotopic (exact) mass is 330 g/mol. The second-order valence-electron chi connectivity index (χ2n) is 5.62. The number of benzene rings is 1. The van der Waals surface area contributed by atoms with Crippen molar-refractivity contribution in [2.75, 3.05) is 6.54 Å². The molecular formula is C13H15ClN2O4S. The van der Waals surface area contributed by atoms with Crippen molar-refractivity contribution >= 4 is 27.3 Å². The van der Waals surface area contributed by atoms with Crippen LogP contribution in [0.3, 0.4) is 0 Å². The summed E-state index contributed by atoms with van der Waals surface area (Å²) in [5.41, 5.74) is -0.375. The van der Waals surface area contributed by atoms with E-state index in [4.69, 9.17) is 11.6 Å². The summed E-state index contributed by atoms with van der Waals surface area (Å²) in [6.07, 6.45) is 3.84. The smallest absolute Gasteiger partial charge is 0.258 e. The Bertz CT molecular complexity index is 683. The molecule has 1 aromatic rings. The van der Waals surface area contributed by atoms with Crippen LogP contribution in [0.25, 0.3) is 0 Å². The van der Waals surface area contributed by atoms with Crippen molar-refractivity contribution in [1.29, 1.82) is 0 Å². The zero-order valence-corrected chi connectivity index (χ0v) is 12.8. The van der Waals surface area contributed by atoms with E-state index in [9.17, 15) is 18.5 Å². The van der Waals surface area contributed by atoms with Crippen LogP contribution in [0, 0.1) is 16.0 Å². The maximum Gasteiger partial charge on any atom is 0.289 e. The highest BCUT2D eigenvalue weighted by atomic mass is 35.5. The van der Waals surface area contributed by atoms with Crippen molar-refractivity contribution in [3.8, 4) is 0 Å². The maximum absolute atomic E-state index is 12.7. The number of hydrogen-bond donors (Lipinski definition) is 0. The summed E-state index contributed by atoms with van der Waals surface area (Å²) in [5, 5.41) is 10.9. The fourth-order valence-corrected chi connectivity index (χ4v) is 4.26. The highest BCUT2D eigenvalue weighted by Crippen LogP contribution is 2.39. The van der Waals surface area contributed by atoms with Gasteiger partial charge in [-0.2, -0.15) is 4.31 Å². The van der Waals surface area contributed by atoms with E-state index in [2.05, 4.69) is 0 Å². The third kappa shape index (κ3) is 3.04. The van der Waals surface area contributed by atoms with Crippen LogP contribution < -0.4 is 0 Å². The van der Waals surface area contributed by atoms with E-state index < -0.39 is 14.9 Å². The van der Waals surface area contributed by atoms with Gasteiger partial charge in [0.15, 0.2) is 0 Å². The minimum Gasteiger partial charge on any atom is -0.258 e. The second kappa shape index (κ2) is 5.23. The van der Waals surface area contributed by atoms with Crippen molar-refractivity contribution in [2.45, 2.75) is 36.6 Å². The minimum absolute atomic E-state index is 0.0466. The van der Waals surface area contributed by atoms with Crippen LogP contribution in [0.15, 0.2) is 23.1 Å². The molecule has 0 aliphatic heterocycles. The molecule has 0 aromatic heterocycles. The van der Waals surface area contributed by atoms with E-state index in [0.717, 1.165) is 31.7 Å². The highest BCUT2D eigenvalue weighted by molar-refractivity contribution is 7.89. The minimum atomic E-state index is -3.70. The molecule has 0 radical (unpaired) electrons. The van der Waals surface area contributed by atoms with Crippen molar-refractivity contribution in [2.24, 2.45) is 5.92 Å². The Balaban J connectivity index is 1.96. The number of nitro benzene ring substituents is 1. The second-order valence-corrected chi connectivity index (χ2v) is 7.92. The van der Waals surface area contributed by atoms with Crippen LogP contribution in [0.2, 0.25) is 5.02 Å². The summed E-state index contributed by atoms with van der Waals surface area (Å²) in [6.45, 7) is 0.517. The number of hydrogen-bond acceptors (Lipinski definition) is 4. The Morgan fingerprint density at radius 1 is 1.29 bits per heavy atom. The Hall–Kier alpha value is -1.18. The molecule has 2 fully saturated rings. The predicted octanol–water partition coefficient (Wildman–Crippen LogP) is 2.81. The van der Waals surface area contributed by atoms with E-state index in [1.165, 1.54) is 16.4 Å². The lowest BCUT2D eigenvalue weighted by Crippen LogP contribution is -2.35. The van der Waals surface area contributed by atoms with Gasteiger partial charge in [0.05, 0.1) is 9.82 Å². The molecule has 0 atom stereocenters. The van der Waals surface area contributed by atoms with Crippen molar-refractivity contribution in [1.82, 2.24) is 4.31 Å². The fraction of sp³-hybridized carbons (Fsp3) is 0.538. The van der Waals surface area contributed by atoms with Crippen LogP contribution in [-0.2, 0) is 10.0 Å². The molecule has 2 saturated carbocycles. The molecule has 2 aliphatic rings. The lowest BCUT2D eigenvalue weighted by molar-refractivity contribution is -0.384. The lowest BCUT2D eigenvalue weighted by Gasteiger charge is -2.21. The Morgan fingerprint density at radius 3 is 2.48 bits per heavy atom. The van der Waals surface area contributed by atoms with Gasteiger partial charge in [0.1, 0.15) is 5.02 Å². The molecular weight excluding hydrogens is 316 g/mol. The zero-order chi connectivity index (χ0) is 15.2. The third-order valence-corrected chi connectivity index (χ3v) is 6.04. The van der Waals surface area contributed by atoms with E-state index in [0.29, 0.717) is 12.5 Å². The van der Waals surface area contributed by atoms with E-state index >= 15 is 0 Å². The maximum atomic E-state index is 12.7. The molecule has 0 spiro atoms. The first kappa shape index (κ1) is 14.7. The van der Waals surface area contributed by atoms with Crippen molar-refractivity contribution < 1.29 is 13.3 Å². The number of nitro groups is 1. The topological polar surface area (TPSA) is 80.5 Å². The molecule has 3 rings (SSSR count). The van der Waals surface area contributed by atoms with Crippen LogP contribution in [0.4, 0.5) is 5.69 Å². The molecule has 6 nitrogen and oxygen atoms in total. The molecule has 1 aromatic carbocycles. The summed E-state index contributed by atoms with van der Waals surface area (Å²) < 4.78 is 27.0. The van der Waals surface area contributed by atoms with Crippen LogP contribution in [-0.4, -0.2) is 30.2 Å². The molecule has 0 N–H and O–H groups in total. The molecule has 21 heavy (non-hydrogen) atoms. The number of sulfonamides is 1. The summed E-state index contributed by atoms with van der Waals surface area (Å²) in [7, 11) is -3.70. The van der Waals surface area contributed by atoms with Gasteiger partial charge in [0.2, 0.25) is 10.0 Å². The largest absolute Gasteiger partial charge is 0.289 e. The summed E-state index contributed by atoms with van der Waals surface area (Å²) in [4.78, 5) is 10.2. The van der Waals surface area contributed by atoms with E-state index in [1.807, 2.05) is 0 Å². The Kier molecular flexibility index (Phi) is 3.67. The molecule has 0 unspecified atom stereocenters. The number of nitrogens with zero attached hydrogens (tertiary/aromatic N) is 2. The van der Waals surface area contributed by atoms with Gasteiger partial charge < -0.3 is 0 Å². The van der Waals surface area contributed by atoms with E-state index in [-0.39, 0.29) is 21.6 Å². The Labute approximate surface area is 127 Å². The lowest BCUT2D eigenvalue weighted by atomic mass is 10.3. The Morgan fingerprint density at radius 2 is 1.95 bits per heavy atom. The van der Waals surface area contributed by atoms with Gasteiger partial charge in [-0.3, -0.25) is 10.1 Å². The zero-order valence-electron chi connectivity index (χ0n) is 11.2. The average Bonchev–Trinajstić information content (AvgIpc) is 3.28. The van der Waals surface area contributed by atoms with Gasteiger partial charge >= 0.3 is 0 Å². The molecule has 0 saturated heterocycles. The summed E-state index contributed by atoms with van der Waals surface area (Å²) in [5.74, 6) is 0.433. The molecule has 8 heteroatoms. The van der Waals surface area contributed by atoms with Gasteiger partial charge in [-0.1, -0.05) is 11.6 Å². The van der Waals surface area contributed by atoms with Crippen LogP contribution in [0.5, 0.6) is 0 Å². The molecule has 0 bridgehead atoms. The fourth-order valence-electron chi connectivity index (χ4n) is 2.29. The van der Waals surface area contributed by atoms with Crippen LogP contribution in [0.1, 0.15) is 25.7 Å². The first-order valence-corrected chi connectivity index (χ1v) is 8.67. The van der Waals surface area contributed by atoms with Gasteiger partial charge in [-0.15, -0.1) is 0 Å². The average molecular weight is 331 g/mol. The SMILES string of the molecule is O=[N+]([O-])c1cc(S(=O)(=O)N(CC2CC2)C2CC2)ccc1Cl. The molecule has 0 heterocycles. The molecule has 114 valence electrons. The summed E-state index contributed by atoms with van der Waals surface area (Å²) >= 11 is 5.74. The van der Waals surface area contributed by atoms with Gasteiger partial charge in [-0.25, -0.2) is 8.42 Å². The standard InChI is InChI=1S/C13H15ClN2O4S/c14-12-6-5-11(7-13(12)16(17)18)21(19,20)15(10-3-4-10)8-9-1-2-9/h5-7,9-10H,1-4,8H2. The first-order valence-electron chi connectivity index (χ1n) is 6.85.